The van der Waals surface area contributed by atoms with Crippen molar-refractivity contribution in [1.82, 2.24) is 0 Å². The lowest BCUT2D eigenvalue weighted by atomic mass is 10.1. The molecule has 356 valence electrons. The predicted octanol–water partition coefficient (Wildman–Crippen LogP) is 14.7. The Hall–Kier alpha value is -3.36. The van der Waals surface area contributed by atoms with Gasteiger partial charge in [-0.2, -0.15) is 0 Å². The molecule has 1 N–H and O–H groups in total. The van der Waals surface area contributed by atoms with E-state index in [2.05, 4.69) is 135 Å². The molecule has 0 saturated heterocycles. The van der Waals surface area contributed by atoms with Crippen LogP contribution in [0.2, 0.25) is 0 Å². The number of likely N-dealkylation sites (N-methyl/N-ethyl adjacent to an activating group) is 1. The van der Waals surface area contributed by atoms with Gasteiger partial charge < -0.3 is 18.9 Å². The number of ether oxygens (including phenoxy) is 2. The molecule has 2 unspecified atom stereocenters. The van der Waals surface area contributed by atoms with Crippen LogP contribution in [0.4, 0.5) is 0 Å². The highest BCUT2D eigenvalue weighted by molar-refractivity contribution is 7.47. The van der Waals surface area contributed by atoms with Crippen molar-refractivity contribution in [3.05, 3.63) is 134 Å². The van der Waals surface area contributed by atoms with Crippen LogP contribution in [0.15, 0.2) is 134 Å². The summed E-state index contributed by atoms with van der Waals surface area (Å²) in [5.41, 5.74) is 0. The third-order valence-corrected chi connectivity index (χ3v) is 10.2. The van der Waals surface area contributed by atoms with Crippen molar-refractivity contribution < 1.29 is 37.3 Å². The fraction of sp³-hybridized carbons (Fsp3) is 0.574. The number of nitrogens with zero attached hydrogens (tertiary/aromatic N) is 1. The zero-order chi connectivity index (χ0) is 46.2. The summed E-state index contributed by atoms with van der Waals surface area (Å²) >= 11 is 0. The van der Waals surface area contributed by atoms with Crippen LogP contribution < -0.4 is 0 Å². The van der Waals surface area contributed by atoms with Gasteiger partial charge in [-0.05, 0) is 96.3 Å². The average molecular weight is 895 g/mol. The first kappa shape index (κ1) is 59.6. The van der Waals surface area contributed by atoms with Crippen molar-refractivity contribution in [3.8, 4) is 0 Å². The second-order valence-corrected chi connectivity index (χ2v) is 17.8. The lowest BCUT2D eigenvalue weighted by molar-refractivity contribution is -0.870. The van der Waals surface area contributed by atoms with E-state index in [-0.39, 0.29) is 26.2 Å². The van der Waals surface area contributed by atoms with Crippen LogP contribution in [0.3, 0.4) is 0 Å². The highest BCUT2D eigenvalue weighted by Crippen LogP contribution is 2.43. The molecule has 0 aromatic rings. The molecule has 0 aromatic heterocycles. The topological polar surface area (TPSA) is 91.3 Å². The molecule has 0 heterocycles. The lowest BCUT2D eigenvalue weighted by Crippen LogP contribution is -2.37. The van der Waals surface area contributed by atoms with Gasteiger partial charge in [-0.15, -0.1) is 0 Å². The molecule has 0 rings (SSSR count). The number of rotatable bonds is 42. The van der Waals surface area contributed by atoms with Crippen LogP contribution in [0.5, 0.6) is 0 Å². The Labute approximate surface area is 385 Å². The molecule has 63 heavy (non-hydrogen) atoms. The number of hydrogen-bond donors (Lipinski definition) is 1. The summed E-state index contributed by atoms with van der Waals surface area (Å²) in [6.45, 7) is 5.21. The molecule has 0 amide bonds. The molecule has 2 atom stereocenters. The fourth-order valence-corrected chi connectivity index (χ4v) is 6.34. The van der Waals surface area contributed by atoms with Crippen LogP contribution in [0.1, 0.15) is 142 Å². The third kappa shape index (κ3) is 49.5. The second kappa shape index (κ2) is 45.2. The monoisotopic (exact) mass is 895 g/mol. The Morgan fingerprint density at radius 3 is 1.30 bits per heavy atom. The molecular formula is C54H89NO7P+. The number of quaternary nitrogens is 1. The summed E-state index contributed by atoms with van der Waals surface area (Å²) in [4.78, 5) is 22.9. The number of phosphoric acid groups is 1. The van der Waals surface area contributed by atoms with Crippen molar-refractivity contribution in [2.45, 2.75) is 148 Å². The lowest BCUT2D eigenvalue weighted by Gasteiger charge is -2.24. The van der Waals surface area contributed by atoms with Gasteiger partial charge in [0.05, 0.1) is 34.4 Å². The minimum Gasteiger partial charge on any atom is -0.457 e. The standard InChI is InChI=1S/C54H88NO7P/c1-6-8-10-12-14-16-18-20-22-24-26-27-28-30-32-34-36-38-40-42-44-46-49-59-51-53(52-61-63(57,58)60-50-48-55(3,4)5)62-54(56)47-45-43-41-39-37-35-33-31-29-25-23-21-19-17-15-13-11-9-7-2/h8-11,14-17,20-23,26-27,29-32,35,37,41,43,53H,6-7,12-13,18-19,24-25,28,33-34,36,38-40,42,44-52H2,1-5H3/p+1/b10-8-,11-9-,16-14-,17-15-,22-20-,23-21-,27-26-,31-29-,32-30-,37-35-,43-41-. The molecule has 0 spiro atoms. The van der Waals surface area contributed by atoms with E-state index in [1.165, 1.54) is 19.3 Å². The van der Waals surface area contributed by atoms with Gasteiger partial charge in [-0.25, -0.2) is 4.57 Å². The number of hydrogen-bond acceptors (Lipinski definition) is 6. The molecule has 0 aliphatic heterocycles. The Balaban J connectivity index is 4.38. The molecule has 0 bridgehead atoms. The number of esters is 1. The van der Waals surface area contributed by atoms with Crippen LogP contribution in [0.25, 0.3) is 0 Å². The number of carbonyl (C=O) groups excluding carboxylic acids is 1. The van der Waals surface area contributed by atoms with Crippen LogP contribution in [0, 0.1) is 0 Å². The zero-order valence-corrected chi connectivity index (χ0v) is 41.1. The van der Waals surface area contributed by atoms with Gasteiger partial charge in [0.2, 0.25) is 0 Å². The van der Waals surface area contributed by atoms with Crippen molar-refractivity contribution in [2.24, 2.45) is 0 Å². The maximum Gasteiger partial charge on any atom is 0.472 e. The van der Waals surface area contributed by atoms with Gasteiger partial charge >= 0.3 is 13.8 Å². The molecule has 0 saturated carbocycles. The van der Waals surface area contributed by atoms with Crippen molar-refractivity contribution >= 4 is 13.8 Å². The molecule has 8 nitrogen and oxygen atoms in total. The first-order valence-electron chi connectivity index (χ1n) is 23.9. The van der Waals surface area contributed by atoms with Crippen LogP contribution >= 0.6 is 7.82 Å². The molecule has 0 aliphatic carbocycles. The third-order valence-electron chi connectivity index (χ3n) is 9.22. The predicted molar refractivity (Wildman–Crippen MR) is 270 cm³/mol. The smallest absolute Gasteiger partial charge is 0.457 e. The Morgan fingerprint density at radius 2 is 0.873 bits per heavy atom. The van der Waals surface area contributed by atoms with E-state index >= 15 is 0 Å². The van der Waals surface area contributed by atoms with Gasteiger partial charge in [-0.1, -0.05) is 173 Å². The summed E-state index contributed by atoms with van der Waals surface area (Å²) in [7, 11) is 1.58. The van der Waals surface area contributed by atoms with E-state index in [4.69, 9.17) is 18.5 Å². The highest BCUT2D eigenvalue weighted by atomic mass is 31.2. The van der Waals surface area contributed by atoms with E-state index < -0.39 is 19.9 Å². The van der Waals surface area contributed by atoms with Gasteiger partial charge in [0.25, 0.3) is 0 Å². The molecule has 0 aliphatic rings. The Bertz CT molecular complexity index is 1460. The van der Waals surface area contributed by atoms with Crippen LogP contribution in [-0.4, -0.2) is 75.6 Å². The Morgan fingerprint density at radius 1 is 0.492 bits per heavy atom. The van der Waals surface area contributed by atoms with E-state index in [1.807, 2.05) is 33.3 Å². The van der Waals surface area contributed by atoms with Gasteiger partial charge in [0.15, 0.2) is 0 Å². The summed E-state index contributed by atoms with van der Waals surface area (Å²) < 4.78 is 35.0. The zero-order valence-electron chi connectivity index (χ0n) is 40.2. The molecule has 9 heteroatoms. The number of allylic oxidation sites excluding steroid dienone is 22. The summed E-state index contributed by atoms with van der Waals surface area (Å²) in [6.07, 6.45) is 66.5. The maximum atomic E-state index is 12.7. The number of phosphoric ester groups is 1. The normalized spacial score (nSPS) is 14.8. The number of carbonyl (C=O) groups is 1. The first-order valence-corrected chi connectivity index (χ1v) is 25.4. The van der Waals surface area contributed by atoms with Gasteiger partial charge in [0.1, 0.15) is 19.3 Å². The minimum atomic E-state index is -4.31. The average Bonchev–Trinajstić information content (AvgIpc) is 3.24. The quantitative estimate of drug-likeness (QED) is 0.0215. The highest BCUT2D eigenvalue weighted by Gasteiger charge is 2.26. The van der Waals surface area contributed by atoms with Crippen molar-refractivity contribution in [1.29, 1.82) is 0 Å². The SMILES string of the molecule is CC/C=C\C/C=C\C/C=C\C/C=C\C/C=C\C/C=C\CCC(=O)OC(COCCCCCCCC/C=C\C/C=C\C/C=C\C/C=C\C/C=C\CC)COP(=O)(O)OCC[N+](C)(C)C. The van der Waals surface area contributed by atoms with Crippen LogP contribution in [-0.2, 0) is 27.9 Å². The summed E-state index contributed by atoms with van der Waals surface area (Å²) in [6, 6.07) is 0. The van der Waals surface area contributed by atoms with E-state index in [1.54, 1.807) is 0 Å². The van der Waals surface area contributed by atoms with Crippen molar-refractivity contribution in [3.63, 3.8) is 0 Å². The summed E-state index contributed by atoms with van der Waals surface area (Å²) in [5.74, 6) is -0.407. The van der Waals surface area contributed by atoms with E-state index in [0.717, 1.165) is 96.3 Å². The number of unbranched alkanes of at least 4 members (excludes halogenated alkanes) is 6. The van der Waals surface area contributed by atoms with Gasteiger partial charge in [0, 0.05) is 13.0 Å². The first-order chi connectivity index (χ1) is 30.6. The minimum absolute atomic E-state index is 0.0631. The van der Waals surface area contributed by atoms with E-state index in [0.29, 0.717) is 24.1 Å². The fourth-order valence-electron chi connectivity index (χ4n) is 5.60. The molecule has 0 aromatic carbocycles. The maximum absolute atomic E-state index is 12.7. The Kier molecular flexibility index (Phi) is 42.8. The molecule has 0 radical (unpaired) electrons. The second-order valence-electron chi connectivity index (χ2n) is 16.4. The van der Waals surface area contributed by atoms with E-state index in [9.17, 15) is 14.3 Å². The largest absolute Gasteiger partial charge is 0.472 e. The van der Waals surface area contributed by atoms with Crippen molar-refractivity contribution in [2.75, 3.05) is 54.1 Å². The summed E-state index contributed by atoms with van der Waals surface area (Å²) in [5, 5.41) is 0. The van der Waals surface area contributed by atoms with Gasteiger partial charge in [-0.3, -0.25) is 13.8 Å². The molecular weight excluding hydrogens is 806 g/mol. The molecule has 0 fully saturated rings.